The molecule has 146 valence electrons. The van der Waals surface area contributed by atoms with Crippen LogP contribution in [-0.4, -0.2) is 45.4 Å². The Hall–Kier alpha value is -1.92. The number of carbonyl (C=O) groups excluding carboxylic acids is 2. The number of hydrogen-bond acceptors (Lipinski definition) is 6. The summed E-state index contributed by atoms with van der Waals surface area (Å²) in [6.45, 7) is 11.1. The first-order valence-electron chi connectivity index (χ1n) is 8.85. The van der Waals surface area contributed by atoms with Gasteiger partial charge in [-0.3, -0.25) is 4.79 Å². The Morgan fingerprint density at radius 2 is 1.81 bits per heavy atom. The van der Waals surface area contributed by atoms with Crippen molar-refractivity contribution < 1.29 is 23.8 Å². The lowest BCUT2D eigenvalue weighted by Crippen LogP contribution is -2.24. The van der Waals surface area contributed by atoms with Crippen LogP contribution in [0.4, 0.5) is 4.79 Å². The summed E-state index contributed by atoms with van der Waals surface area (Å²) < 4.78 is 15.8. The van der Waals surface area contributed by atoms with Crippen LogP contribution >= 0.6 is 0 Å². The lowest BCUT2D eigenvalue weighted by Gasteiger charge is -2.28. The minimum atomic E-state index is -0.771. The number of nitrogens with one attached hydrogen (secondary N) is 1. The summed E-state index contributed by atoms with van der Waals surface area (Å²) in [6.07, 6.45) is -0.409. The highest BCUT2D eigenvalue weighted by Crippen LogP contribution is 2.38. The molecule has 0 aromatic heterocycles. The summed E-state index contributed by atoms with van der Waals surface area (Å²) in [7, 11) is 1.84. The van der Waals surface area contributed by atoms with Gasteiger partial charge in [-0.15, -0.1) is 0 Å². The smallest absolute Gasteiger partial charge is 0.432 e. The number of aryl methyl sites for hydroxylation is 2. The molecule has 0 amide bonds. The van der Waals surface area contributed by atoms with Crippen molar-refractivity contribution in [2.24, 2.45) is 0 Å². The highest BCUT2D eigenvalue weighted by Gasteiger charge is 2.29. The number of ketones is 1. The summed E-state index contributed by atoms with van der Waals surface area (Å²) in [5.74, 6) is 0.525. The van der Waals surface area contributed by atoms with E-state index < -0.39 is 11.6 Å². The average molecular weight is 365 g/mol. The van der Waals surface area contributed by atoms with Crippen LogP contribution < -0.4 is 10.1 Å². The molecule has 1 aromatic carbocycles. The maximum absolute atomic E-state index is 12.0. The summed E-state index contributed by atoms with van der Waals surface area (Å²) in [5.41, 5.74) is 2.35. The second-order valence-electron chi connectivity index (χ2n) is 7.13. The van der Waals surface area contributed by atoms with Gasteiger partial charge in [-0.05, 0) is 45.0 Å². The maximum atomic E-state index is 12.0. The van der Waals surface area contributed by atoms with E-state index in [1.165, 1.54) is 0 Å². The van der Waals surface area contributed by atoms with Gasteiger partial charge in [0.05, 0.1) is 13.2 Å². The Bertz CT molecular complexity index is 625. The van der Waals surface area contributed by atoms with Crippen molar-refractivity contribution in [3.05, 3.63) is 28.8 Å². The fourth-order valence-electron chi connectivity index (χ4n) is 3.17. The Morgan fingerprint density at radius 3 is 2.42 bits per heavy atom. The highest BCUT2D eigenvalue weighted by molar-refractivity contribution is 5.77. The highest BCUT2D eigenvalue weighted by atomic mass is 16.7. The molecule has 0 spiro atoms. The monoisotopic (exact) mass is 365 g/mol. The van der Waals surface area contributed by atoms with Crippen LogP contribution in [0.3, 0.4) is 0 Å². The van der Waals surface area contributed by atoms with Crippen molar-refractivity contribution in [3.8, 4) is 5.75 Å². The molecule has 0 bridgehead atoms. The molecule has 1 aromatic rings. The molecule has 0 saturated heterocycles. The Labute approximate surface area is 156 Å². The number of Topliss-reactive ketones (excluding diaryl/α,β-unsaturated/α-hetero) is 1. The Kier molecular flexibility index (Phi) is 8.75. The van der Waals surface area contributed by atoms with Crippen LogP contribution in [0.1, 0.15) is 43.9 Å². The maximum Gasteiger partial charge on any atom is 0.513 e. The van der Waals surface area contributed by atoms with E-state index in [4.69, 9.17) is 14.2 Å². The molecule has 26 heavy (non-hydrogen) atoms. The summed E-state index contributed by atoms with van der Waals surface area (Å²) in [6, 6.07) is 3.82. The van der Waals surface area contributed by atoms with Gasteiger partial charge < -0.3 is 19.5 Å². The van der Waals surface area contributed by atoms with Crippen molar-refractivity contribution in [1.82, 2.24) is 5.32 Å². The average Bonchev–Trinajstić information content (AvgIpc) is 2.48. The molecule has 0 heterocycles. The fourth-order valence-corrected chi connectivity index (χ4v) is 3.17. The van der Waals surface area contributed by atoms with Crippen LogP contribution in [-0.2, 0) is 19.7 Å². The molecule has 0 atom stereocenters. The van der Waals surface area contributed by atoms with Crippen molar-refractivity contribution in [2.75, 3.05) is 33.4 Å². The summed E-state index contributed by atoms with van der Waals surface area (Å²) in [4.78, 5) is 23.7. The van der Waals surface area contributed by atoms with Crippen molar-refractivity contribution in [2.45, 2.75) is 46.5 Å². The molecule has 0 aliphatic carbocycles. The lowest BCUT2D eigenvalue weighted by atomic mass is 9.77. The van der Waals surface area contributed by atoms with Crippen molar-refractivity contribution >= 4 is 11.9 Å². The van der Waals surface area contributed by atoms with Gasteiger partial charge in [-0.1, -0.05) is 19.9 Å². The number of hydrogen-bond donors (Lipinski definition) is 1. The van der Waals surface area contributed by atoms with Gasteiger partial charge in [0, 0.05) is 23.9 Å². The number of ether oxygens (including phenoxy) is 3. The zero-order valence-electron chi connectivity index (χ0n) is 16.7. The largest absolute Gasteiger partial charge is 0.513 e. The second kappa shape index (κ2) is 10.3. The first-order valence-corrected chi connectivity index (χ1v) is 8.85. The van der Waals surface area contributed by atoms with E-state index in [1.807, 2.05) is 40.8 Å². The van der Waals surface area contributed by atoms with E-state index in [0.29, 0.717) is 25.4 Å². The number of carbonyl (C=O) groups is 2. The Balaban J connectivity index is 2.82. The molecular weight excluding hydrogens is 334 g/mol. The third-order valence-corrected chi connectivity index (χ3v) is 3.95. The molecule has 6 heteroatoms. The third-order valence-electron chi connectivity index (χ3n) is 3.95. The molecule has 0 fully saturated rings. The van der Waals surface area contributed by atoms with Crippen LogP contribution in [0.15, 0.2) is 12.1 Å². The zero-order valence-corrected chi connectivity index (χ0v) is 16.7. The van der Waals surface area contributed by atoms with Crippen molar-refractivity contribution in [1.29, 1.82) is 0 Å². The summed E-state index contributed by atoms with van der Waals surface area (Å²) in [5, 5.41) is 2.96. The third kappa shape index (κ3) is 7.14. The van der Waals surface area contributed by atoms with Gasteiger partial charge in [0.15, 0.2) is 0 Å². The van der Waals surface area contributed by atoms with E-state index in [0.717, 1.165) is 23.2 Å². The number of benzene rings is 1. The minimum Gasteiger partial charge on any atom is -0.432 e. The predicted octanol–water partition coefficient (Wildman–Crippen LogP) is 3.31. The standard InChI is InChI=1S/C20H31NO5/c1-14-11-15(2)18(20(4,5)13-16(3)22)17(12-14)26-19(23)25-10-9-24-8-7-21-6/h11-12,21H,7-10,13H2,1-6H3. The van der Waals surface area contributed by atoms with Gasteiger partial charge in [0.1, 0.15) is 18.1 Å². The van der Waals surface area contributed by atoms with Gasteiger partial charge >= 0.3 is 6.16 Å². The molecule has 0 saturated carbocycles. The number of likely N-dealkylation sites (N-methyl/N-ethyl adjacent to an activating group) is 1. The quantitative estimate of drug-likeness (QED) is 0.390. The first kappa shape index (κ1) is 22.1. The molecule has 6 nitrogen and oxygen atoms in total. The van der Waals surface area contributed by atoms with E-state index in [-0.39, 0.29) is 12.4 Å². The van der Waals surface area contributed by atoms with Gasteiger partial charge in [-0.25, -0.2) is 4.79 Å². The molecule has 0 radical (unpaired) electrons. The molecule has 1 N–H and O–H groups in total. The van der Waals surface area contributed by atoms with Crippen LogP contribution in [0, 0.1) is 13.8 Å². The normalized spacial score (nSPS) is 11.3. The molecule has 1 rings (SSSR count). The SMILES string of the molecule is CNCCOCCOC(=O)Oc1cc(C)cc(C)c1C(C)(C)CC(C)=O. The molecule has 0 aliphatic heterocycles. The topological polar surface area (TPSA) is 73.9 Å². The van der Waals surface area contributed by atoms with Crippen molar-refractivity contribution in [3.63, 3.8) is 0 Å². The van der Waals surface area contributed by atoms with E-state index in [9.17, 15) is 9.59 Å². The van der Waals surface area contributed by atoms with E-state index >= 15 is 0 Å². The van der Waals surface area contributed by atoms with Gasteiger partial charge in [0.25, 0.3) is 0 Å². The second-order valence-corrected chi connectivity index (χ2v) is 7.13. The van der Waals surface area contributed by atoms with Crippen LogP contribution in [0.5, 0.6) is 5.75 Å². The minimum absolute atomic E-state index is 0.0854. The lowest BCUT2D eigenvalue weighted by molar-refractivity contribution is -0.118. The molecule has 0 aliphatic rings. The fraction of sp³-hybridized carbons (Fsp3) is 0.600. The molecule has 0 unspecified atom stereocenters. The first-order chi connectivity index (χ1) is 12.2. The molecular formula is C20H31NO5. The Morgan fingerprint density at radius 1 is 1.12 bits per heavy atom. The van der Waals surface area contributed by atoms with E-state index in [2.05, 4.69) is 5.32 Å². The van der Waals surface area contributed by atoms with Gasteiger partial charge in [0.2, 0.25) is 0 Å². The van der Waals surface area contributed by atoms with E-state index in [1.54, 1.807) is 13.0 Å². The predicted molar refractivity (Wildman–Crippen MR) is 101 cm³/mol. The zero-order chi connectivity index (χ0) is 19.7. The van der Waals surface area contributed by atoms with Crippen LogP contribution in [0.2, 0.25) is 0 Å². The summed E-state index contributed by atoms with van der Waals surface area (Å²) >= 11 is 0. The van der Waals surface area contributed by atoms with Gasteiger partial charge in [-0.2, -0.15) is 0 Å². The number of rotatable bonds is 10. The van der Waals surface area contributed by atoms with Crippen LogP contribution in [0.25, 0.3) is 0 Å².